The van der Waals surface area contributed by atoms with Crippen LogP contribution in [0, 0.1) is 0 Å². The van der Waals surface area contributed by atoms with Crippen LogP contribution >= 0.6 is 0 Å². The maximum Gasteiger partial charge on any atom is 0.178 e. The quantitative estimate of drug-likeness (QED) is 0.753. The molecule has 0 bridgehead atoms. The minimum absolute atomic E-state index is 0.181. The van der Waals surface area contributed by atoms with Gasteiger partial charge in [-0.3, -0.25) is 0 Å². The molecule has 0 amide bonds. The van der Waals surface area contributed by atoms with E-state index >= 15 is 0 Å². The second-order valence-electron chi connectivity index (χ2n) is 3.78. The monoisotopic (exact) mass is 257 g/mol. The molecule has 0 unspecified atom stereocenters. The van der Waals surface area contributed by atoms with Gasteiger partial charge in [-0.05, 0) is 43.7 Å². The second kappa shape index (κ2) is 6.61. The van der Waals surface area contributed by atoms with Crippen molar-refractivity contribution in [2.24, 2.45) is 5.73 Å². The molecule has 0 saturated carbocycles. The Morgan fingerprint density at radius 2 is 1.88 bits per heavy atom. The molecule has 0 aliphatic heterocycles. The molecular weight excluding hydrogens is 238 g/mol. The van der Waals surface area contributed by atoms with Crippen LogP contribution in [0.4, 0.5) is 0 Å². The first-order valence-corrected chi connectivity index (χ1v) is 7.41. The second-order valence-corrected chi connectivity index (χ2v) is 5.89. The van der Waals surface area contributed by atoms with Crippen molar-refractivity contribution in [3.05, 3.63) is 24.3 Å². The van der Waals surface area contributed by atoms with Crippen molar-refractivity contribution < 1.29 is 13.2 Å². The number of benzene rings is 1. The number of sulfone groups is 1. The van der Waals surface area contributed by atoms with Gasteiger partial charge in [-0.15, -0.1) is 0 Å². The molecule has 0 saturated heterocycles. The summed E-state index contributed by atoms with van der Waals surface area (Å²) in [5, 5.41) is 0. The third-order valence-electron chi connectivity index (χ3n) is 2.27. The van der Waals surface area contributed by atoms with Crippen LogP contribution in [-0.4, -0.2) is 27.3 Å². The van der Waals surface area contributed by atoms with Crippen molar-refractivity contribution >= 4 is 9.84 Å². The number of ether oxygens (including phenoxy) is 1. The lowest BCUT2D eigenvalue weighted by Crippen LogP contribution is -2.07. The molecular formula is C12H19NO3S. The molecule has 0 atom stereocenters. The van der Waals surface area contributed by atoms with Crippen molar-refractivity contribution in [2.45, 2.75) is 24.7 Å². The van der Waals surface area contributed by atoms with Gasteiger partial charge in [0.05, 0.1) is 17.3 Å². The van der Waals surface area contributed by atoms with Crippen LogP contribution in [0.3, 0.4) is 0 Å². The van der Waals surface area contributed by atoms with Crippen LogP contribution in [0.5, 0.6) is 5.75 Å². The van der Waals surface area contributed by atoms with Gasteiger partial charge in [-0.25, -0.2) is 8.42 Å². The molecule has 0 fully saturated rings. The first-order valence-electron chi connectivity index (χ1n) is 5.76. The van der Waals surface area contributed by atoms with Crippen molar-refractivity contribution in [3.8, 4) is 5.75 Å². The minimum atomic E-state index is -3.13. The van der Waals surface area contributed by atoms with Gasteiger partial charge in [0.15, 0.2) is 9.84 Å². The lowest BCUT2D eigenvalue weighted by molar-refractivity contribution is 0.313. The summed E-state index contributed by atoms with van der Waals surface area (Å²) in [4.78, 5) is 0.352. The molecule has 0 aromatic heterocycles. The predicted octanol–water partition coefficient (Wildman–Crippen LogP) is 1.60. The largest absolute Gasteiger partial charge is 0.494 e. The highest BCUT2D eigenvalue weighted by Gasteiger charge is 2.12. The van der Waals surface area contributed by atoms with E-state index < -0.39 is 9.84 Å². The Kier molecular flexibility index (Phi) is 5.44. The molecule has 1 aromatic carbocycles. The highest BCUT2D eigenvalue weighted by atomic mass is 32.2. The van der Waals surface area contributed by atoms with Crippen LogP contribution in [0.15, 0.2) is 29.2 Å². The molecule has 0 radical (unpaired) electrons. The van der Waals surface area contributed by atoms with E-state index in [0.29, 0.717) is 30.2 Å². The summed E-state index contributed by atoms with van der Waals surface area (Å²) in [6, 6.07) is 6.53. The fourth-order valence-corrected chi connectivity index (χ4v) is 2.73. The SMILES string of the molecule is CCCS(=O)(=O)c1ccc(OCCCN)cc1. The Morgan fingerprint density at radius 3 is 2.41 bits per heavy atom. The smallest absolute Gasteiger partial charge is 0.178 e. The average molecular weight is 257 g/mol. The zero-order valence-electron chi connectivity index (χ0n) is 10.1. The minimum Gasteiger partial charge on any atom is -0.494 e. The Labute approximate surface area is 103 Å². The molecule has 17 heavy (non-hydrogen) atoms. The molecule has 96 valence electrons. The standard InChI is InChI=1S/C12H19NO3S/c1-2-10-17(14,15)12-6-4-11(5-7-12)16-9-3-8-13/h4-7H,2-3,8-10,13H2,1H3. The van der Waals surface area contributed by atoms with Crippen LogP contribution in [0.25, 0.3) is 0 Å². The Morgan fingerprint density at radius 1 is 1.24 bits per heavy atom. The summed E-state index contributed by atoms with van der Waals surface area (Å²) in [7, 11) is -3.13. The predicted molar refractivity (Wildman–Crippen MR) is 68.0 cm³/mol. The molecule has 0 aliphatic rings. The van der Waals surface area contributed by atoms with Crippen LogP contribution in [0.2, 0.25) is 0 Å². The van der Waals surface area contributed by atoms with E-state index in [4.69, 9.17) is 10.5 Å². The average Bonchev–Trinajstić information content (AvgIpc) is 2.30. The maximum atomic E-state index is 11.7. The van der Waals surface area contributed by atoms with Crippen LogP contribution in [-0.2, 0) is 9.84 Å². The van der Waals surface area contributed by atoms with E-state index in [1.165, 1.54) is 0 Å². The van der Waals surface area contributed by atoms with Gasteiger partial charge >= 0.3 is 0 Å². The van der Waals surface area contributed by atoms with Crippen molar-refractivity contribution in [1.29, 1.82) is 0 Å². The molecule has 5 heteroatoms. The van der Waals surface area contributed by atoms with E-state index in [1.54, 1.807) is 24.3 Å². The summed E-state index contributed by atoms with van der Waals surface area (Å²) in [6.07, 6.45) is 1.41. The molecule has 0 aliphatic carbocycles. The number of hydrogen-bond donors (Lipinski definition) is 1. The van der Waals surface area contributed by atoms with E-state index in [-0.39, 0.29) is 5.75 Å². The number of rotatable bonds is 7. The van der Waals surface area contributed by atoms with E-state index in [9.17, 15) is 8.42 Å². The Balaban J connectivity index is 2.68. The van der Waals surface area contributed by atoms with Gasteiger partial charge in [0.1, 0.15) is 5.75 Å². The third kappa shape index (κ3) is 4.36. The van der Waals surface area contributed by atoms with Crippen LogP contribution in [0.1, 0.15) is 19.8 Å². The fourth-order valence-electron chi connectivity index (χ4n) is 1.40. The molecule has 4 nitrogen and oxygen atoms in total. The molecule has 1 rings (SSSR count). The normalized spacial score (nSPS) is 11.4. The summed E-state index contributed by atoms with van der Waals surface area (Å²) >= 11 is 0. The topological polar surface area (TPSA) is 69.4 Å². The zero-order chi connectivity index (χ0) is 12.7. The molecule has 0 heterocycles. The third-order valence-corrected chi connectivity index (χ3v) is 4.21. The van der Waals surface area contributed by atoms with E-state index in [0.717, 1.165) is 6.42 Å². The summed E-state index contributed by atoms with van der Waals surface area (Å²) in [5.41, 5.74) is 5.35. The zero-order valence-corrected chi connectivity index (χ0v) is 10.9. The first kappa shape index (κ1) is 14.0. The van der Waals surface area contributed by atoms with Gasteiger partial charge < -0.3 is 10.5 Å². The van der Waals surface area contributed by atoms with Crippen molar-refractivity contribution in [2.75, 3.05) is 18.9 Å². The molecule has 0 spiro atoms. The lowest BCUT2D eigenvalue weighted by Gasteiger charge is -2.06. The van der Waals surface area contributed by atoms with E-state index in [2.05, 4.69) is 0 Å². The highest BCUT2D eigenvalue weighted by Crippen LogP contribution is 2.17. The highest BCUT2D eigenvalue weighted by molar-refractivity contribution is 7.91. The summed E-state index contributed by atoms with van der Waals surface area (Å²) in [6.45, 7) is 2.99. The van der Waals surface area contributed by atoms with Gasteiger partial charge in [0, 0.05) is 0 Å². The summed E-state index contributed by atoms with van der Waals surface area (Å²) in [5.74, 6) is 0.856. The number of hydrogen-bond acceptors (Lipinski definition) is 4. The fraction of sp³-hybridized carbons (Fsp3) is 0.500. The Hall–Kier alpha value is -1.07. The number of nitrogens with two attached hydrogens (primary N) is 1. The maximum absolute atomic E-state index is 11.7. The van der Waals surface area contributed by atoms with E-state index in [1.807, 2.05) is 6.92 Å². The van der Waals surface area contributed by atoms with Gasteiger partial charge in [0.2, 0.25) is 0 Å². The first-order chi connectivity index (χ1) is 8.10. The van der Waals surface area contributed by atoms with Gasteiger partial charge in [-0.1, -0.05) is 6.92 Å². The summed E-state index contributed by atoms with van der Waals surface area (Å²) < 4.78 is 28.9. The Bertz CT molecular complexity index is 426. The molecule has 1 aromatic rings. The molecule has 2 N–H and O–H groups in total. The van der Waals surface area contributed by atoms with Crippen LogP contribution < -0.4 is 10.5 Å². The van der Waals surface area contributed by atoms with Crippen molar-refractivity contribution in [1.82, 2.24) is 0 Å². The lowest BCUT2D eigenvalue weighted by atomic mass is 10.3. The van der Waals surface area contributed by atoms with Gasteiger partial charge in [-0.2, -0.15) is 0 Å². The van der Waals surface area contributed by atoms with Gasteiger partial charge in [0.25, 0.3) is 0 Å². The van der Waals surface area contributed by atoms with Crippen molar-refractivity contribution in [3.63, 3.8) is 0 Å².